The van der Waals surface area contributed by atoms with Crippen LogP contribution in [0.3, 0.4) is 0 Å². The molecule has 1 aromatic heterocycles. The topological polar surface area (TPSA) is 101 Å². The minimum absolute atomic E-state index is 0.0220. The predicted molar refractivity (Wildman–Crippen MR) is 101 cm³/mol. The van der Waals surface area contributed by atoms with Crippen LogP contribution in [0.5, 0.6) is 5.75 Å². The van der Waals surface area contributed by atoms with Gasteiger partial charge >= 0.3 is 11.8 Å². The molecule has 8 nitrogen and oxygen atoms in total. The third-order valence-electron chi connectivity index (χ3n) is 5.54. The number of hydrogen-bond acceptors (Lipinski definition) is 8. The minimum atomic E-state index is -0.876. The molecule has 0 spiro atoms. The number of ketones is 1. The van der Waals surface area contributed by atoms with E-state index < -0.39 is 35.9 Å². The summed E-state index contributed by atoms with van der Waals surface area (Å²) in [6, 6.07) is 6.62. The third kappa shape index (κ3) is 3.60. The Labute approximate surface area is 166 Å². The molecule has 1 unspecified atom stereocenters. The summed E-state index contributed by atoms with van der Waals surface area (Å²) in [6.07, 6.45) is -2.79. The Balaban J connectivity index is 1.62. The number of hydrogen-bond donors (Lipinski definition) is 0. The largest absolute Gasteiger partial charge is 0.509 e. The lowest BCUT2D eigenvalue weighted by molar-refractivity contribution is -0.260. The van der Waals surface area contributed by atoms with Crippen LogP contribution in [0.15, 0.2) is 33.5 Å². The lowest BCUT2D eigenvalue weighted by atomic mass is 9.82. The van der Waals surface area contributed by atoms with Gasteiger partial charge in [0.1, 0.15) is 17.1 Å². The Morgan fingerprint density at radius 1 is 1.14 bits per heavy atom. The molecule has 4 atom stereocenters. The maximum Gasteiger partial charge on any atom is 0.509 e. The Hall–Kier alpha value is -2.87. The van der Waals surface area contributed by atoms with Crippen molar-refractivity contribution in [2.45, 2.75) is 58.2 Å². The molecule has 0 bridgehead atoms. The molecule has 1 aromatic carbocycles. The number of carbonyl (C=O) groups excluding carboxylic acids is 2. The van der Waals surface area contributed by atoms with Crippen LogP contribution in [0, 0.1) is 5.92 Å². The van der Waals surface area contributed by atoms with Crippen molar-refractivity contribution in [1.29, 1.82) is 0 Å². The van der Waals surface area contributed by atoms with Crippen molar-refractivity contribution in [3.05, 3.63) is 40.2 Å². The zero-order chi connectivity index (χ0) is 20.9. The summed E-state index contributed by atoms with van der Waals surface area (Å²) in [5.41, 5.74) is -0.542. The number of benzene rings is 1. The monoisotopic (exact) mass is 402 g/mol. The van der Waals surface area contributed by atoms with Gasteiger partial charge in [0.05, 0.1) is 5.60 Å². The van der Waals surface area contributed by atoms with Crippen LogP contribution < -0.4 is 10.4 Å². The second-order valence-corrected chi connectivity index (χ2v) is 8.05. The van der Waals surface area contributed by atoms with E-state index in [0.717, 1.165) is 0 Å². The van der Waals surface area contributed by atoms with Crippen molar-refractivity contribution >= 4 is 22.9 Å². The first-order valence-electron chi connectivity index (χ1n) is 9.42. The molecule has 0 amide bonds. The second kappa shape index (κ2) is 6.88. The molecule has 3 heterocycles. The summed E-state index contributed by atoms with van der Waals surface area (Å²) < 4.78 is 27.9. The predicted octanol–water partition coefficient (Wildman–Crippen LogP) is 2.98. The van der Waals surface area contributed by atoms with Gasteiger partial charge in [-0.25, -0.2) is 9.59 Å². The second-order valence-electron chi connectivity index (χ2n) is 8.05. The van der Waals surface area contributed by atoms with Gasteiger partial charge in [0.15, 0.2) is 6.10 Å². The Kier molecular flexibility index (Phi) is 4.61. The molecule has 0 radical (unpaired) electrons. The molecule has 154 valence electrons. The first-order valence-corrected chi connectivity index (χ1v) is 9.42. The lowest BCUT2D eigenvalue weighted by Gasteiger charge is -2.44. The van der Waals surface area contributed by atoms with E-state index in [2.05, 4.69) is 0 Å². The summed E-state index contributed by atoms with van der Waals surface area (Å²) in [5.74, 6) is 0.177. The Morgan fingerprint density at radius 3 is 2.59 bits per heavy atom. The SMILES string of the molecule is CC(=O)Cc1cc2ccc(OC3OC(C)(C)[C@H](C)[C@H]4OC(=O)O[C@H]34)cc2oc1=O. The van der Waals surface area contributed by atoms with E-state index >= 15 is 0 Å². The lowest BCUT2D eigenvalue weighted by Crippen LogP contribution is -2.58. The molecule has 8 heteroatoms. The van der Waals surface area contributed by atoms with Gasteiger partial charge in [0.25, 0.3) is 0 Å². The van der Waals surface area contributed by atoms with Crippen LogP contribution >= 0.6 is 0 Å². The van der Waals surface area contributed by atoms with Gasteiger partial charge in [-0.2, -0.15) is 0 Å². The van der Waals surface area contributed by atoms with Crippen LogP contribution in [-0.2, 0) is 25.4 Å². The fraction of sp³-hybridized carbons (Fsp3) is 0.476. The zero-order valence-corrected chi connectivity index (χ0v) is 16.6. The average molecular weight is 402 g/mol. The highest BCUT2D eigenvalue weighted by atomic mass is 16.8. The first-order chi connectivity index (χ1) is 13.6. The van der Waals surface area contributed by atoms with E-state index in [1.807, 2.05) is 20.8 Å². The Morgan fingerprint density at radius 2 is 1.86 bits per heavy atom. The van der Waals surface area contributed by atoms with Gasteiger partial charge in [-0.1, -0.05) is 6.92 Å². The summed E-state index contributed by atoms with van der Waals surface area (Å²) in [6.45, 7) is 7.14. The molecule has 2 aromatic rings. The molecule has 0 N–H and O–H groups in total. The molecular formula is C21H22O8. The summed E-state index contributed by atoms with van der Waals surface area (Å²) in [7, 11) is 0. The molecule has 2 fully saturated rings. The Bertz CT molecular complexity index is 1040. The van der Waals surface area contributed by atoms with Crippen LogP contribution in [0.2, 0.25) is 0 Å². The number of Topliss-reactive ketones (excluding diaryl/α,β-unsaturated/α-hetero) is 1. The fourth-order valence-corrected chi connectivity index (χ4v) is 3.67. The smallest absolute Gasteiger partial charge is 0.461 e. The standard InChI is InChI=1S/C21H22O8/c1-10(22)7-13-8-12-5-6-14(9-15(12)26-18(13)23)25-19-17-16(27-20(24)28-17)11(2)21(3,4)29-19/h5-6,8-9,11,16-17,19H,7H2,1-4H3/t11-,16-,17+,19?/m1/s1. The quantitative estimate of drug-likeness (QED) is 0.568. The van der Waals surface area contributed by atoms with E-state index in [0.29, 0.717) is 22.3 Å². The molecule has 4 rings (SSSR count). The number of rotatable bonds is 4. The van der Waals surface area contributed by atoms with Crippen LogP contribution in [0.4, 0.5) is 4.79 Å². The van der Waals surface area contributed by atoms with Crippen LogP contribution in [-0.4, -0.2) is 36.0 Å². The van der Waals surface area contributed by atoms with E-state index in [9.17, 15) is 14.4 Å². The molecule has 2 saturated heterocycles. The maximum atomic E-state index is 12.1. The molecule has 29 heavy (non-hydrogen) atoms. The highest BCUT2D eigenvalue weighted by Crippen LogP contribution is 2.40. The van der Waals surface area contributed by atoms with Crippen molar-refractivity contribution in [2.75, 3.05) is 0 Å². The van der Waals surface area contributed by atoms with Gasteiger partial charge in [-0.15, -0.1) is 0 Å². The molecular weight excluding hydrogens is 380 g/mol. The minimum Gasteiger partial charge on any atom is -0.461 e. The van der Waals surface area contributed by atoms with Gasteiger partial charge in [0, 0.05) is 29.4 Å². The number of fused-ring (bicyclic) bond motifs is 2. The summed E-state index contributed by atoms with van der Waals surface area (Å²) in [5, 5.41) is 0.667. The van der Waals surface area contributed by atoms with Crippen molar-refractivity contribution in [1.82, 2.24) is 0 Å². The van der Waals surface area contributed by atoms with Gasteiger partial charge in [-0.05, 0) is 39.0 Å². The van der Waals surface area contributed by atoms with Crippen LogP contribution in [0.1, 0.15) is 33.3 Å². The zero-order valence-electron chi connectivity index (χ0n) is 16.6. The highest BCUT2D eigenvalue weighted by molar-refractivity contribution is 5.82. The maximum absolute atomic E-state index is 12.1. The fourth-order valence-electron chi connectivity index (χ4n) is 3.67. The average Bonchev–Trinajstić information content (AvgIpc) is 3.02. The van der Waals surface area contributed by atoms with E-state index in [4.69, 9.17) is 23.4 Å². The van der Waals surface area contributed by atoms with Crippen LogP contribution in [0.25, 0.3) is 11.0 Å². The van der Waals surface area contributed by atoms with E-state index in [-0.39, 0.29) is 18.1 Å². The van der Waals surface area contributed by atoms with Crippen molar-refractivity contribution in [3.63, 3.8) is 0 Å². The van der Waals surface area contributed by atoms with Gasteiger partial charge in [0.2, 0.25) is 12.4 Å². The van der Waals surface area contributed by atoms with E-state index in [1.165, 1.54) is 6.92 Å². The first kappa shape index (κ1) is 19.4. The van der Waals surface area contributed by atoms with Gasteiger partial charge in [-0.3, -0.25) is 4.79 Å². The van der Waals surface area contributed by atoms with Crippen molar-refractivity contribution < 1.29 is 33.0 Å². The van der Waals surface area contributed by atoms with Crippen molar-refractivity contribution in [2.24, 2.45) is 5.92 Å². The van der Waals surface area contributed by atoms with Crippen molar-refractivity contribution in [3.8, 4) is 5.75 Å². The molecule has 0 aliphatic carbocycles. The summed E-state index contributed by atoms with van der Waals surface area (Å²) >= 11 is 0. The molecule has 0 saturated carbocycles. The third-order valence-corrected chi connectivity index (χ3v) is 5.54. The highest BCUT2D eigenvalue weighted by Gasteiger charge is 2.56. The van der Waals surface area contributed by atoms with E-state index in [1.54, 1.807) is 24.3 Å². The molecule has 2 aliphatic heterocycles. The van der Waals surface area contributed by atoms with Gasteiger partial charge < -0.3 is 23.4 Å². The molecule has 2 aliphatic rings. The summed E-state index contributed by atoms with van der Waals surface area (Å²) in [4.78, 5) is 35.1. The number of ether oxygens (including phenoxy) is 4. The normalized spacial score (nSPS) is 27.8. The number of carbonyl (C=O) groups is 2.